The van der Waals surface area contributed by atoms with E-state index in [1.807, 2.05) is 24.3 Å². The third-order valence-electron chi connectivity index (χ3n) is 3.13. The Labute approximate surface area is 120 Å². The summed E-state index contributed by atoms with van der Waals surface area (Å²) in [6, 6.07) is 12.3. The molecule has 0 unspecified atom stereocenters. The third kappa shape index (κ3) is 2.72. The number of aromatic carboxylic acids is 1. The van der Waals surface area contributed by atoms with Crippen LogP contribution in [0.25, 0.3) is 11.1 Å². The normalized spacial score (nSPS) is 10.7. The van der Waals surface area contributed by atoms with Gasteiger partial charge in [0, 0.05) is 0 Å². The summed E-state index contributed by atoms with van der Waals surface area (Å²) in [4.78, 5) is 15.3. The number of benzene rings is 2. The Balaban J connectivity index is 1.75. The van der Waals surface area contributed by atoms with Gasteiger partial charge in [0.05, 0.1) is 5.56 Å². The van der Waals surface area contributed by atoms with Gasteiger partial charge in [-0.15, -0.1) is 0 Å². The smallest absolute Gasteiger partial charge is 0.335 e. The fourth-order valence-corrected chi connectivity index (χ4v) is 2.09. The van der Waals surface area contributed by atoms with E-state index in [-0.39, 0.29) is 12.2 Å². The molecule has 0 atom stereocenters. The quantitative estimate of drug-likeness (QED) is 0.794. The van der Waals surface area contributed by atoms with Gasteiger partial charge in [0.1, 0.15) is 11.3 Å². The number of hydrogen-bond donors (Lipinski definition) is 1. The highest BCUT2D eigenvalue weighted by atomic mass is 16.5. The predicted octanol–water partition coefficient (Wildman–Crippen LogP) is 3.41. The molecule has 0 radical (unpaired) electrons. The molecule has 0 saturated heterocycles. The number of carboxylic acids is 1. The lowest BCUT2D eigenvalue weighted by Gasteiger charge is -2.06. The Morgan fingerprint density at radius 3 is 2.81 bits per heavy atom. The first-order chi connectivity index (χ1) is 10.1. The molecular weight excluding hydrogens is 270 g/mol. The maximum absolute atomic E-state index is 10.9. The molecule has 0 aliphatic carbocycles. The Morgan fingerprint density at radius 1 is 1.29 bits per heavy atom. The fourth-order valence-electron chi connectivity index (χ4n) is 2.09. The van der Waals surface area contributed by atoms with E-state index in [2.05, 4.69) is 4.98 Å². The van der Waals surface area contributed by atoms with Crippen molar-refractivity contribution in [3.8, 4) is 5.75 Å². The average Bonchev–Trinajstić information content (AvgIpc) is 2.87. The van der Waals surface area contributed by atoms with Crippen LogP contribution in [0.3, 0.4) is 0 Å². The van der Waals surface area contributed by atoms with Crippen LogP contribution in [0.1, 0.15) is 21.8 Å². The van der Waals surface area contributed by atoms with Crippen molar-refractivity contribution in [3.63, 3.8) is 0 Å². The predicted molar refractivity (Wildman–Crippen MR) is 76.5 cm³/mol. The zero-order chi connectivity index (χ0) is 14.8. The second-order valence-corrected chi connectivity index (χ2v) is 4.65. The van der Waals surface area contributed by atoms with E-state index in [0.717, 1.165) is 5.52 Å². The van der Waals surface area contributed by atoms with Crippen molar-refractivity contribution in [3.05, 3.63) is 59.5 Å². The standard InChI is InChI=1S/C16H13NO4/c1-10-8-11(6-7-12(10)16(18)19)20-9-15-17-13-4-2-3-5-14(13)21-15/h2-8H,9H2,1H3,(H,18,19). The number of carboxylic acid groups (broad SMARTS) is 1. The first kappa shape index (κ1) is 13.2. The van der Waals surface area contributed by atoms with Gasteiger partial charge in [-0.2, -0.15) is 0 Å². The molecule has 0 aliphatic rings. The molecule has 1 heterocycles. The van der Waals surface area contributed by atoms with Crippen LogP contribution >= 0.6 is 0 Å². The lowest BCUT2D eigenvalue weighted by molar-refractivity contribution is 0.0696. The summed E-state index contributed by atoms with van der Waals surface area (Å²) in [6.45, 7) is 1.93. The number of hydrogen-bond acceptors (Lipinski definition) is 4. The van der Waals surface area contributed by atoms with Crippen molar-refractivity contribution in [2.75, 3.05) is 0 Å². The van der Waals surface area contributed by atoms with E-state index in [1.54, 1.807) is 19.1 Å². The molecule has 0 spiro atoms. The van der Waals surface area contributed by atoms with Crippen molar-refractivity contribution in [2.45, 2.75) is 13.5 Å². The minimum atomic E-state index is -0.946. The largest absolute Gasteiger partial charge is 0.484 e. The van der Waals surface area contributed by atoms with Crippen LogP contribution in [0.4, 0.5) is 0 Å². The Morgan fingerprint density at radius 2 is 2.10 bits per heavy atom. The van der Waals surface area contributed by atoms with E-state index in [9.17, 15) is 4.79 Å². The molecule has 0 fully saturated rings. The molecule has 21 heavy (non-hydrogen) atoms. The number of carbonyl (C=O) groups is 1. The van der Waals surface area contributed by atoms with Crippen molar-refractivity contribution in [1.29, 1.82) is 0 Å². The minimum absolute atomic E-state index is 0.195. The number of oxazole rings is 1. The zero-order valence-corrected chi connectivity index (χ0v) is 11.4. The van der Waals surface area contributed by atoms with Gasteiger partial charge in [0.15, 0.2) is 12.2 Å². The maximum atomic E-state index is 10.9. The third-order valence-corrected chi connectivity index (χ3v) is 3.13. The molecule has 3 aromatic rings. The minimum Gasteiger partial charge on any atom is -0.484 e. The van der Waals surface area contributed by atoms with E-state index in [0.29, 0.717) is 22.8 Å². The van der Waals surface area contributed by atoms with Gasteiger partial charge in [0.2, 0.25) is 5.89 Å². The van der Waals surface area contributed by atoms with Gasteiger partial charge in [-0.25, -0.2) is 9.78 Å². The molecule has 3 rings (SSSR count). The van der Waals surface area contributed by atoms with Gasteiger partial charge in [-0.3, -0.25) is 0 Å². The highest BCUT2D eigenvalue weighted by Crippen LogP contribution is 2.20. The Hall–Kier alpha value is -2.82. The van der Waals surface area contributed by atoms with Gasteiger partial charge >= 0.3 is 5.97 Å². The van der Waals surface area contributed by atoms with Crippen LogP contribution in [0, 0.1) is 6.92 Å². The van der Waals surface area contributed by atoms with Crippen LogP contribution in [-0.4, -0.2) is 16.1 Å². The van der Waals surface area contributed by atoms with Crippen molar-refractivity contribution < 1.29 is 19.1 Å². The average molecular weight is 283 g/mol. The fraction of sp³-hybridized carbons (Fsp3) is 0.125. The number of aromatic nitrogens is 1. The number of fused-ring (bicyclic) bond motifs is 1. The molecule has 1 aromatic heterocycles. The highest BCUT2D eigenvalue weighted by Gasteiger charge is 2.09. The number of nitrogens with zero attached hydrogens (tertiary/aromatic N) is 1. The zero-order valence-electron chi connectivity index (χ0n) is 11.4. The molecule has 0 bridgehead atoms. The van der Waals surface area contributed by atoms with E-state index in [1.165, 1.54) is 6.07 Å². The van der Waals surface area contributed by atoms with Gasteiger partial charge in [-0.1, -0.05) is 12.1 Å². The molecule has 5 nitrogen and oxygen atoms in total. The van der Waals surface area contributed by atoms with Crippen molar-refractivity contribution in [1.82, 2.24) is 4.98 Å². The van der Waals surface area contributed by atoms with E-state index >= 15 is 0 Å². The summed E-state index contributed by atoms with van der Waals surface area (Å²) < 4.78 is 11.1. The van der Waals surface area contributed by atoms with E-state index in [4.69, 9.17) is 14.3 Å². The lowest BCUT2D eigenvalue weighted by Crippen LogP contribution is -2.01. The first-order valence-corrected chi connectivity index (χ1v) is 6.44. The SMILES string of the molecule is Cc1cc(OCc2nc3ccccc3o2)ccc1C(=O)O. The summed E-state index contributed by atoms with van der Waals surface area (Å²) in [5.41, 5.74) is 2.42. The van der Waals surface area contributed by atoms with Crippen LogP contribution in [0.15, 0.2) is 46.9 Å². The number of para-hydroxylation sites is 2. The summed E-state index contributed by atoms with van der Waals surface area (Å²) in [6.07, 6.45) is 0. The monoisotopic (exact) mass is 283 g/mol. The molecule has 0 amide bonds. The van der Waals surface area contributed by atoms with Crippen LogP contribution in [0.5, 0.6) is 5.75 Å². The molecular formula is C16H13NO4. The molecule has 5 heteroatoms. The first-order valence-electron chi connectivity index (χ1n) is 6.44. The number of ether oxygens (including phenoxy) is 1. The van der Waals surface area contributed by atoms with Gasteiger partial charge in [0.25, 0.3) is 0 Å². The number of aryl methyl sites for hydroxylation is 1. The molecule has 0 aliphatic heterocycles. The Kier molecular flexibility index (Phi) is 3.31. The highest BCUT2D eigenvalue weighted by molar-refractivity contribution is 5.89. The lowest BCUT2D eigenvalue weighted by atomic mass is 10.1. The summed E-state index contributed by atoms with van der Waals surface area (Å²) in [7, 11) is 0. The van der Waals surface area contributed by atoms with Crippen molar-refractivity contribution >= 4 is 17.1 Å². The van der Waals surface area contributed by atoms with Gasteiger partial charge < -0.3 is 14.3 Å². The van der Waals surface area contributed by atoms with Gasteiger partial charge in [-0.05, 0) is 42.8 Å². The van der Waals surface area contributed by atoms with E-state index < -0.39 is 5.97 Å². The molecule has 0 saturated carbocycles. The van der Waals surface area contributed by atoms with Crippen molar-refractivity contribution in [2.24, 2.45) is 0 Å². The maximum Gasteiger partial charge on any atom is 0.335 e. The molecule has 1 N–H and O–H groups in total. The topological polar surface area (TPSA) is 72.6 Å². The van der Waals surface area contributed by atoms with Crippen LogP contribution < -0.4 is 4.74 Å². The van der Waals surface area contributed by atoms with Crippen LogP contribution in [-0.2, 0) is 6.61 Å². The molecule has 2 aromatic carbocycles. The second kappa shape index (κ2) is 5.28. The Bertz CT molecular complexity index is 774. The second-order valence-electron chi connectivity index (χ2n) is 4.65. The summed E-state index contributed by atoms with van der Waals surface area (Å²) in [5.74, 6) is 0.119. The molecule has 106 valence electrons. The van der Waals surface area contributed by atoms with Crippen LogP contribution in [0.2, 0.25) is 0 Å². The summed E-state index contributed by atoms with van der Waals surface area (Å²) in [5, 5.41) is 8.98. The number of rotatable bonds is 4. The summed E-state index contributed by atoms with van der Waals surface area (Å²) >= 11 is 0.